The van der Waals surface area contributed by atoms with E-state index >= 15 is 0 Å². The highest BCUT2D eigenvalue weighted by atomic mass is 19.1. The maximum Gasteiger partial charge on any atom is 0.193 e. The molecule has 4 heteroatoms. The quantitative estimate of drug-likeness (QED) is 0.588. The van der Waals surface area contributed by atoms with Gasteiger partial charge in [0, 0.05) is 5.69 Å². The van der Waals surface area contributed by atoms with Crippen LogP contribution in [0.2, 0.25) is 0 Å². The summed E-state index contributed by atoms with van der Waals surface area (Å²) in [4.78, 5) is 3.80. The van der Waals surface area contributed by atoms with Crippen LogP contribution in [0.1, 0.15) is 12.5 Å². The number of nitrogens with one attached hydrogen (secondary N) is 1. The third-order valence-corrected chi connectivity index (χ3v) is 1.97. The molecule has 0 aromatic heterocycles. The zero-order valence-corrected chi connectivity index (χ0v) is 8.83. The van der Waals surface area contributed by atoms with Crippen LogP contribution in [0.4, 0.5) is 10.1 Å². The van der Waals surface area contributed by atoms with Gasteiger partial charge in [0.25, 0.3) is 0 Å². The average Bonchev–Trinajstić information content (AvgIpc) is 2.26. The Morgan fingerprint density at radius 3 is 3.00 bits per heavy atom. The number of anilines is 1. The molecule has 0 saturated heterocycles. The average molecular weight is 209 g/mol. The summed E-state index contributed by atoms with van der Waals surface area (Å²) >= 11 is 0. The molecule has 1 rings (SSSR count). The first-order chi connectivity index (χ1) is 7.26. The van der Waals surface area contributed by atoms with Gasteiger partial charge in [-0.15, -0.1) is 0 Å². The minimum Gasteiger partial charge on any atom is -0.370 e. The second kappa shape index (κ2) is 6.01. The lowest BCUT2D eigenvalue weighted by atomic mass is 10.1. The van der Waals surface area contributed by atoms with Crippen molar-refractivity contribution >= 4 is 11.6 Å². The van der Waals surface area contributed by atoms with E-state index in [-0.39, 0.29) is 12.5 Å². The minimum atomic E-state index is -0.489. The van der Waals surface area contributed by atoms with Crippen molar-refractivity contribution in [3.8, 4) is 0 Å². The van der Waals surface area contributed by atoms with Gasteiger partial charge in [-0.25, -0.2) is 4.39 Å². The highest BCUT2D eigenvalue weighted by molar-refractivity contribution is 5.92. The summed E-state index contributed by atoms with van der Waals surface area (Å²) in [6.45, 7) is 1.70. The molecule has 0 spiro atoms. The van der Waals surface area contributed by atoms with Gasteiger partial charge in [0.05, 0.1) is 6.54 Å². The predicted molar refractivity (Wildman–Crippen MR) is 61.9 cm³/mol. The Kier molecular flexibility index (Phi) is 4.60. The van der Waals surface area contributed by atoms with Crippen LogP contribution >= 0.6 is 0 Å². The van der Waals surface area contributed by atoms with Crippen LogP contribution in [0.3, 0.4) is 0 Å². The van der Waals surface area contributed by atoms with Gasteiger partial charge >= 0.3 is 0 Å². The van der Waals surface area contributed by atoms with E-state index in [9.17, 15) is 4.39 Å². The number of alkyl halides is 1. The Morgan fingerprint density at radius 1 is 1.53 bits per heavy atom. The first-order valence-corrected chi connectivity index (χ1v) is 4.98. The Morgan fingerprint density at radius 2 is 2.33 bits per heavy atom. The summed E-state index contributed by atoms with van der Waals surface area (Å²) in [6, 6.07) is 7.89. The summed E-state index contributed by atoms with van der Waals surface area (Å²) in [7, 11) is 0. The molecule has 0 heterocycles. The Labute approximate surface area is 89.2 Å². The van der Waals surface area contributed by atoms with Crippen molar-refractivity contribution in [1.82, 2.24) is 0 Å². The molecule has 3 nitrogen and oxygen atoms in total. The fourth-order valence-electron chi connectivity index (χ4n) is 1.22. The van der Waals surface area contributed by atoms with E-state index in [1.165, 1.54) is 5.56 Å². The monoisotopic (exact) mass is 209 g/mol. The first-order valence-electron chi connectivity index (χ1n) is 4.98. The number of guanidine groups is 1. The molecule has 0 radical (unpaired) electrons. The molecular weight excluding hydrogens is 193 g/mol. The van der Waals surface area contributed by atoms with Crippen molar-refractivity contribution in [2.75, 3.05) is 18.5 Å². The van der Waals surface area contributed by atoms with E-state index in [4.69, 9.17) is 5.73 Å². The van der Waals surface area contributed by atoms with Gasteiger partial charge in [-0.05, 0) is 24.1 Å². The number of rotatable bonds is 4. The minimum absolute atomic E-state index is 0.103. The van der Waals surface area contributed by atoms with Crippen LogP contribution < -0.4 is 11.1 Å². The fourth-order valence-corrected chi connectivity index (χ4v) is 1.22. The van der Waals surface area contributed by atoms with Crippen molar-refractivity contribution in [3.05, 3.63) is 29.8 Å². The highest BCUT2D eigenvalue weighted by Gasteiger charge is 1.95. The van der Waals surface area contributed by atoms with Crippen LogP contribution in [-0.4, -0.2) is 19.2 Å². The zero-order valence-electron chi connectivity index (χ0n) is 8.83. The van der Waals surface area contributed by atoms with Crippen molar-refractivity contribution in [2.24, 2.45) is 10.7 Å². The van der Waals surface area contributed by atoms with Gasteiger partial charge in [-0.3, -0.25) is 4.99 Å². The normalized spacial score (nSPS) is 11.5. The number of nitrogens with two attached hydrogens (primary N) is 1. The lowest BCUT2D eigenvalue weighted by molar-refractivity contribution is 0.505. The molecule has 0 unspecified atom stereocenters. The molecule has 0 saturated carbocycles. The van der Waals surface area contributed by atoms with Crippen molar-refractivity contribution in [3.63, 3.8) is 0 Å². The topological polar surface area (TPSA) is 50.4 Å². The second-order valence-electron chi connectivity index (χ2n) is 3.13. The van der Waals surface area contributed by atoms with Crippen molar-refractivity contribution < 1.29 is 4.39 Å². The number of aryl methyl sites for hydroxylation is 1. The van der Waals surface area contributed by atoms with E-state index < -0.39 is 6.67 Å². The summed E-state index contributed by atoms with van der Waals surface area (Å²) in [6.07, 6.45) is 0.969. The number of nitrogens with zero attached hydrogens (tertiary/aromatic N) is 1. The molecule has 0 amide bonds. The standard InChI is InChI=1S/C11H16FN3/c1-2-9-4-3-5-10(8-9)15-11(13)14-7-6-12/h3-5,8H,2,6-7H2,1H3,(H3,13,14,15). The molecular formula is C11H16FN3. The van der Waals surface area contributed by atoms with Crippen LogP contribution in [0, 0.1) is 0 Å². The van der Waals surface area contributed by atoms with Crippen LogP contribution in [0.15, 0.2) is 29.3 Å². The first kappa shape index (κ1) is 11.5. The van der Waals surface area contributed by atoms with E-state index in [1.54, 1.807) is 0 Å². The molecule has 1 aromatic carbocycles. The molecule has 15 heavy (non-hydrogen) atoms. The Hall–Kier alpha value is -1.58. The van der Waals surface area contributed by atoms with Crippen LogP contribution in [-0.2, 0) is 6.42 Å². The molecule has 0 atom stereocenters. The van der Waals surface area contributed by atoms with E-state index in [2.05, 4.69) is 17.2 Å². The van der Waals surface area contributed by atoms with E-state index in [0.29, 0.717) is 0 Å². The summed E-state index contributed by atoms with van der Waals surface area (Å²) in [5, 5.41) is 2.91. The maximum atomic E-state index is 11.8. The predicted octanol–water partition coefficient (Wildman–Crippen LogP) is 1.95. The van der Waals surface area contributed by atoms with Gasteiger partial charge in [0.15, 0.2) is 5.96 Å². The van der Waals surface area contributed by atoms with Gasteiger partial charge < -0.3 is 11.1 Å². The lowest BCUT2D eigenvalue weighted by Crippen LogP contribution is -2.23. The van der Waals surface area contributed by atoms with Crippen molar-refractivity contribution in [2.45, 2.75) is 13.3 Å². The molecule has 0 fully saturated rings. The summed E-state index contributed by atoms with van der Waals surface area (Å²) in [5.74, 6) is 0.251. The number of benzene rings is 1. The highest BCUT2D eigenvalue weighted by Crippen LogP contribution is 2.10. The molecule has 82 valence electrons. The molecule has 0 aliphatic carbocycles. The SMILES string of the molecule is CCc1cccc(NC(N)=NCCF)c1. The van der Waals surface area contributed by atoms with Crippen LogP contribution in [0.25, 0.3) is 0 Å². The molecule has 0 bridgehead atoms. The molecule has 0 aliphatic rings. The van der Waals surface area contributed by atoms with E-state index in [1.807, 2.05) is 24.3 Å². The van der Waals surface area contributed by atoms with Gasteiger partial charge in [0.1, 0.15) is 6.67 Å². The third kappa shape index (κ3) is 3.97. The Balaban J connectivity index is 2.63. The molecule has 0 aliphatic heterocycles. The number of aliphatic imine (C=N–C) groups is 1. The lowest BCUT2D eigenvalue weighted by Gasteiger charge is -2.06. The van der Waals surface area contributed by atoms with E-state index in [0.717, 1.165) is 12.1 Å². The zero-order chi connectivity index (χ0) is 11.1. The van der Waals surface area contributed by atoms with Gasteiger partial charge in [-0.2, -0.15) is 0 Å². The second-order valence-corrected chi connectivity index (χ2v) is 3.13. The largest absolute Gasteiger partial charge is 0.370 e. The number of hydrogen-bond donors (Lipinski definition) is 2. The summed E-state index contributed by atoms with van der Waals surface area (Å²) < 4.78 is 11.8. The third-order valence-electron chi connectivity index (χ3n) is 1.97. The summed E-state index contributed by atoms with van der Waals surface area (Å²) in [5.41, 5.74) is 7.66. The maximum absolute atomic E-state index is 11.8. The van der Waals surface area contributed by atoms with Gasteiger partial charge in [-0.1, -0.05) is 19.1 Å². The molecule has 3 N–H and O–H groups in total. The van der Waals surface area contributed by atoms with Crippen LogP contribution in [0.5, 0.6) is 0 Å². The smallest absolute Gasteiger partial charge is 0.193 e. The number of halogens is 1. The van der Waals surface area contributed by atoms with Gasteiger partial charge in [0.2, 0.25) is 0 Å². The van der Waals surface area contributed by atoms with Crippen molar-refractivity contribution in [1.29, 1.82) is 0 Å². The number of hydrogen-bond acceptors (Lipinski definition) is 1. The molecule has 1 aromatic rings. The Bertz CT molecular complexity index is 336. The fraction of sp³-hybridized carbons (Fsp3) is 0.364.